The molecule has 31 heavy (non-hydrogen) atoms. The average Bonchev–Trinajstić information content (AvgIpc) is 2.71. The van der Waals surface area contributed by atoms with Gasteiger partial charge in [-0.2, -0.15) is 4.98 Å². The Hall–Kier alpha value is -4.61. The van der Waals surface area contributed by atoms with Crippen molar-refractivity contribution in [3.63, 3.8) is 0 Å². The Morgan fingerprint density at radius 1 is 1.00 bits per heavy atom. The van der Waals surface area contributed by atoms with Crippen molar-refractivity contribution in [1.82, 2.24) is 15.4 Å². The lowest BCUT2D eigenvalue weighted by molar-refractivity contribution is -0.385. The maximum Gasteiger partial charge on any atom is 0.374 e. The highest BCUT2D eigenvalue weighted by atomic mass is 16.6. The van der Waals surface area contributed by atoms with Gasteiger partial charge in [-0.15, -0.1) is 0 Å². The Balaban J connectivity index is 1.87. The maximum absolute atomic E-state index is 12.4. The zero-order chi connectivity index (χ0) is 22.5. The number of amides is 1. The molecule has 3 aromatic rings. The number of ether oxygens (including phenoxy) is 1. The first-order chi connectivity index (χ1) is 14.8. The van der Waals surface area contributed by atoms with E-state index in [1.807, 2.05) is 19.9 Å². The summed E-state index contributed by atoms with van der Waals surface area (Å²) in [6.45, 7) is 3.69. The van der Waals surface area contributed by atoms with E-state index in [0.717, 1.165) is 23.5 Å². The highest BCUT2D eigenvalue weighted by Gasteiger charge is 2.26. The number of nitro groups is 2. The molecule has 0 aliphatic heterocycles. The van der Waals surface area contributed by atoms with Gasteiger partial charge in [-0.1, -0.05) is 18.2 Å². The van der Waals surface area contributed by atoms with E-state index in [2.05, 4.69) is 20.8 Å². The van der Waals surface area contributed by atoms with E-state index in [0.29, 0.717) is 5.75 Å². The summed E-state index contributed by atoms with van der Waals surface area (Å²) in [6.07, 6.45) is 1.02. The molecule has 0 unspecified atom stereocenters. The quantitative estimate of drug-likeness (QED) is 0.427. The summed E-state index contributed by atoms with van der Waals surface area (Å²) in [5.74, 6) is -1.23. The zero-order valence-electron chi connectivity index (χ0n) is 16.4. The van der Waals surface area contributed by atoms with E-state index in [4.69, 9.17) is 4.74 Å². The van der Waals surface area contributed by atoms with Crippen LogP contribution in [0.2, 0.25) is 0 Å². The van der Waals surface area contributed by atoms with E-state index in [-0.39, 0.29) is 17.3 Å². The fourth-order valence-electron chi connectivity index (χ4n) is 2.80. The number of aromatic nitrogens is 2. The van der Waals surface area contributed by atoms with Gasteiger partial charge in [0.25, 0.3) is 11.6 Å². The largest absolute Gasteiger partial charge is 0.434 e. The summed E-state index contributed by atoms with van der Waals surface area (Å²) in [7, 11) is 0. The van der Waals surface area contributed by atoms with Gasteiger partial charge in [-0.3, -0.25) is 35.9 Å². The van der Waals surface area contributed by atoms with Crippen molar-refractivity contribution in [3.8, 4) is 11.6 Å². The number of rotatable bonds is 7. The number of para-hydroxylation sites is 1. The number of hydrogen-bond acceptors (Lipinski definition) is 9. The minimum Gasteiger partial charge on any atom is -0.434 e. The van der Waals surface area contributed by atoms with Gasteiger partial charge in [0, 0.05) is 6.07 Å². The van der Waals surface area contributed by atoms with Gasteiger partial charge >= 0.3 is 11.6 Å². The SMILES string of the molecule is Cc1cc(C)cc(Oc2ncnc(NNC(=O)c3ccccc3[N+](=O)[O-])c2[N+](=O)[O-])c1. The summed E-state index contributed by atoms with van der Waals surface area (Å²) in [4.78, 5) is 41.2. The molecular formula is C19H16N6O6. The van der Waals surface area contributed by atoms with Crippen LogP contribution in [0.5, 0.6) is 11.6 Å². The molecule has 12 nitrogen and oxygen atoms in total. The number of anilines is 1. The van der Waals surface area contributed by atoms with Crippen molar-refractivity contribution in [3.05, 3.63) is 85.7 Å². The van der Waals surface area contributed by atoms with E-state index >= 15 is 0 Å². The lowest BCUT2D eigenvalue weighted by atomic mass is 10.1. The number of nitrogens with one attached hydrogen (secondary N) is 2. The van der Waals surface area contributed by atoms with Crippen molar-refractivity contribution in [2.75, 3.05) is 5.43 Å². The molecule has 2 aromatic carbocycles. The second-order valence-electron chi connectivity index (χ2n) is 6.41. The monoisotopic (exact) mass is 424 g/mol. The first kappa shape index (κ1) is 21.1. The fraction of sp³-hybridized carbons (Fsp3) is 0.105. The molecule has 0 saturated carbocycles. The van der Waals surface area contributed by atoms with E-state index in [9.17, 15) is 25.0 Å². The number of benzene rings is 2. The smallest absolute Gasteiger partial charge is 0.374 e. The third-order valence-electron chi connectivity index (χ3n) is 4.02. The zero-order valence-corrected chi connectivity index (χ0v) is 16.4. The Morgan fingerprint density at radius 3 is 2.32 bits per heavy atom. The molecule has 3 rings (SSSR count). The van der Waals surface area contributed by atoms with Gasteiger partial charge in [-0.05, 0) is 43.2 Å². The molecule has 2 N–H and O–H groups in total. The minimum atomic E-state index is -0.878. The molecule has 0 fully saturated rings. The lowest BCUT2D eigenvalue weighted by Gasteiger charge is -2.11. The van der Waals surface area contributed by atoms with Gasteiger partial charge in [-0.25, -0.2) is 4.98 Å². The molecule has 1 amide bonds. The van der Waals surface area contributed by atoms with Crippen LogP contribution in [-0.4, -0.2) is 25.7 Å². The fourth-order valence-corrected chi connectivity index (χ4v) is 2.80. The Kier molecular flexibility index (Phi) is 6.00. The number of aryl methyl sites for hydroxylation is 2. The summed E-state index contributed by atoms with van der Waals surface area (Å²) in [5.41, 5.74) is 4.99. The van der Waals surface area contributed by atoms with Crippen LogP contribution in [0.1, 0.15) is 21.5 Å². The Labute approximate surface area is 175 Å². The molecule has 0 atom stereocenters. The van der Waals surface area contributed by atoms with Crippen LogP contribution in [0.4, 0.5) is 17.2 Å². The number of carbonyl (C=O) groups excluding carboxylic acids is 1. The van der Waals surface area contributed by atoms with Crippen molar-refractivity contribution in [1.29, 1.82) is 0 Å². The second kappa shape index (κ2) is 8.82. The first-order valence-electron chi connectivity index (χ1n) is 8.81. The van der Waals surface area contributed by atoms with Gasteiger partial charge in [0.2, 0.25) is 5.82 Å². The predicted molar refractivity (Wildman–Crippen MR) is 109 cm³/mol. The molecule has 0 radical (unpaired) electrons. The first-order valence-corrected chi connectivity index (χ1v) is 8.81. The Morgan fingerprint density at radius 2 is 1.68 bits per heavy atom. The third kappa shape index (κ3) is 4.87. The summed E-state index contributed by atoms with van der Waals surface area (Å²) >= 11 is 0. The molecule has 0 saturated heterocycles. The summed E-state index contributed by atoms with van der Waals surface area (Å²) in [6, 6.07) is 10.5. The van der Waals surface area contributed by atoms with Gasteiger partial charge in [0.15, 0.2) is 0 Å². The van der Waals surface area contributed by atoms with Gasteiger partial charge in [0.1, 0.15) is 17.6 Å². The van der Waals surface area contributed by atoms with Crippen molar-refractivity contribution in [2.45, 2.75) is 13.8 Å². The lowest BCUT2D eigenvalue weighted by Crippen LogP contribution is -2.30. The molecule has 1 heterocycles. The number of nitro benzene ring substituents is 1. The molecule has 0 aliphatic carbocycles. The highest BCUT2D eigenvalue weighted by Crippen LogP contribution is 2.34. The molecule has 0 bridgehead atoms. The van der Waals surface area contributed by atoms with Crippen LogP contribution in [0.3, 0.4) is 0 Å². The van der Waals surface area contributed by atoms with Gasteiger partial charge < -0.3 is 4.74 Å². The number of nitrogens with zero attached hydrogens (tertiary/aromatic N) is 4. The highest BCUT2D eigenvalue weighted by molar-refractivity contribution is 5.98. The predicted octanol–water partition coefficient (Wildman–Crippen LogP) is 3.46. The maximum atomic E-state index is 12.4. The van der Waals surface area contributed by atoms with Gasteiger partial charge in [0.05, 0.1) is 9.85 Å². The third-order valence-corrected chi connectivity index (χ3v) is 4.02. The second-order valence-corrected chi connectivity index (χ2v) is 6.41. The van der Waals surface area contributed by atoms with Crippen LogP contribution < -0.4 is 15.6 Å². The Bertz CT molecular complexity index is 1160. The topological polar surface area (TPSA) is 162 Å². The van der Waals surface area contributed by atoms with Crippen LogP contribution in [-0.2, 0) is 0 Å². The van der Waals surface area contributed by atoms with Crippen molar-refractivity contribution < 1.29 is 19.4 Å². The van der Waals surface area contributed by atoms with E-state index in [1.54, 1.807) is 12.1 Å². The minimum absolute atomic E-state index is 0.233. The molecule has 158 valence electrons. The number of hydrogen-bond donors (Lipinski definition) is 2. The summed E-state index contributed by atoms with van der Waals surface area (Å²) < 4.78 is 5.58. The number of carbonyl (C=O) groups is 1. The van der Waals surface area contributed by atoms with E-state index in [1.165, 1.54) is 18.2 Å². The van der Waals surface area contributed by atoms with Crippen LogP contribution in [0.15, 0.2) is 48.8 Å². The van der Waals surface area contributed by atoms with Crippen LogP contribution in [0.25, 0.3) is 0 Å². The molecular weight excluding hydrogens is 408 g/mol. The molecule has 1 aromatic heterocycles. The molecule has 0 aliphatic rings. The van der Waals surface area contributed by atoms with Crippen molar-refractivity contribution in [2.24, 2.45) is 0 Å². The standard InChI is InChI=1S/C19H16N6O6/c1-11-7-12(2)9-13(8-11)31-19-16(25(29)30)17(20-10-21-19)22-23-18(26)14-5-3-4-6-15(14)24(27)28/h3-10H,1-2H3,(H,23,26)(H,20,21,22). The van der Waals surface area contributed by atoms with Crippen molar-refractivity contribution >= 4 is 23.1 Å². The normalized spacial score (nSPS) is 10.3. The van der Waals surface area contributed by atoms with E-state index < -0.39 is 27.1 Å². The van der Waals surface area contributed by atoms with Crippen LogP contribution in [0, 0.1) is 34.1 Å². The summed E-state index contributed by atoms with van der Waals surface area (Å²) in [5, 5.41) is 22.7. The molecule has 12 heteroatoms. The van der Waals surface area contributed by atoms with Crippen LogP contribution >= 0.6 is 0 Å². The molecule has 0 spiro atoms. The average molecular weight is 424 g/mol. The number of hydrazine groups is 1.